The molecule has 4 heteroatoms. The van der Waals surface area contributed by atoms with Crippen LogP contribution >= 0.6 is 12.4 Å². The van der Waals surface area contributed by atoms with Gasteiger partial charge in [0.05, 0.1) is 0 Å². The Hall–Kier alpha value is -1.39. The van der Waals surface area contributed by atoms with Crippen molar-refractivity contribution in [2.75, 3.05) is 39.3 Å². The van der Waals surface area contributed by atoms with Crippen LogP contribution in [-0.2, 0) is 6.54 Å². The maximum atomic E-state index is 3.48. The molecule has 2 saturated heterocycles. The van der Waals surface area contributed by atoms with Crippen LogP contribution < -0.4 is 5.32 Å². The van der Waals surface area contributed by atoms with Gasteiger partial charge in [0.2, 0.25) is 0 Å². The van der Waals surface area contributed by atoms with Gasteiger partial charge in [-0.15, -0.1) is 12.4 Å². The Kier molecular flexibility index (Phi) is 6.49. The first kappa shape index (κ1) is 18.4. The summed E-state index contributed by atoms with van der Waals surface area (Å²) in [5, 5.41) is 3.48. The van der Waals surface area contributed by atoms with E-state index in [1.54, 1.807) is 0 Å². The smallest absolute Gasteiger partial charge is 0.0234 e. The standard InChI is InChI=1S/C21H27N3.ClH/c1-2-4-19(5-3-1)20-8-6-18(7-9-20)17-23-12-14-24(15-13-23)21-10-11-22-16-21;/h1-9,21-22H,10-17H2;1H. The Morgan fingerprint density at radius 1 is 0.840 bits per heavy atom. The van der Waals surface area contributed by atoms with Crippen LogP contribution in [0.4, 0.5) is 0 Å². The van der Waals surface area contributed by atoms with Crippen molar-refractivity contribution in [3.63, 3.8) is 0 Å². The fourth-order valence-corrected chi connectivity index (χ4v) is 3.93. The molecule has 2 aromatic rings. The molecular weight excluding hydrogens is 330 g/mol. The minimum absolute atomic E-state index is 0. The van der Waals surface area contributed by atoms with Crippen LogP contribution in [0.1, 0.15) is 12.0 Å². The van der Waals surface area contributed by atoms with Crippen molar-refractivity contribution in [2.24, 2.45) is 0 Å². The first-order chi connectivity index (χ1) is 11.9. The van der Waals surface area contributed by atoms with Gasteiger partial charge in [-0.05, 0) is 29.7 Å². The molecule has 1 atom stereocenters. The van der Waals surface area contributed by atoms with E-state index in [0.29, 0.717) is 0 Å². The molecule has 3 nitrogen and oxygen atoms in total. The highest BCUT2D eigenvalue weighted by molar-refractivity contribution is 5.85. The molecule has 2 aliphatic rings. The Bertz CT molecular complexity index is 630. The van der Waals surface area contributed by atoms with Crippen molar-refractivity contribution in [3.05, 3.63) is 60.2 Å². The number of halogens is 1. The normalized spacial score (nSPS) is 21.8. The fourth-order valence-electron chi connectivity index (χ4n) is 3.93. The maximum Gasteiger partial charge on any atom is 0.0234 e. The molecule has 4 rings (SSSR count). The van der Waals surface area contributed by atoms with Crippen molar-refractivity contribution in [3.8, 4) is 11.1 Å². The lowest BCUT2D eigenvalue weighted by molar-refractivity contribution is 0.0981. The predicted molar refractivity (Wildman–Crippen MR) is 107 cm³/mol. The first-order valence-electron chi connectivity index (χ1n) is 9.20. The molecule has 0 spiro atoms. The number of hydrogen-bond donors (Lipinski definition) is 1. The highest BCUT2D eigenvalue weighted by Gasteiger charge is 2.25. The van der Waals surface area contributed by atoms with E-state index < -0.39 is 0 Å². The van der Waals surface area contributed by atoms with Crippen molar-refractivity contribution in [1.29, 1.82) is 0 Å². The summed E-state index contributed by atoms with van der Waals surface area (Å²) in [7, 11) is 0. The third-order valence-electron chi connectivity index (χ3n) is 5.42. The van der Waals surface area contributed by atoms with Gasteiger partial charge in [-0.25, -0.2) is 0 Å². The number of benzene rings is 2. The van der Waals surface area contributed by atoms with E-state index in [4.69, 9.17) is 0 Å². The molecule has 0 bridgehead atoms. The van der Waals surface area contributed by atoms with E-state index in [-0.39, 0.29) is 12.4 Å². The summed E-state index contributed by atoms with van der Waals surface area (Å²) in [6, 6.07) is 20.5. The zero-order valence-electron chi connectivity index (χ0n) is 14.7. The molecular formula is C21H28ClN3. The summed E-state index contributed by atoms with van der Waals surface area (Å²) in [5.74, 6) is 0. The molecule has 134 valence electrons. The predicted octanol–water partition coefficient (Wildman–Crippen LogP) is 3.25. The molecule has 2 aliphatic heterocycles. The topological polar surface area (TPSA) is 18.5 Å². The van der Waals surface area contributed by atoms with Crippen molar-refractivity contribution in [1.82, 2.24) is 15.1 Å². The van der Waals surface area contributed by atoms with E-state index in [0.717, 1.165) is 12.6 Å². The zero-order chi connectivity index (χ0) is 16.2. The van der Waals surface area contributed by atoms with Crippen LogP contribution in [0.15, 0.2) is 54.6 Å². The Morgan fingerprint density at radius 3 is 2.16 bits per heavy atom. The number of rotatable bonds is 4. The third-order valence-corrected chi connectivity index (χ3v) is 5.42. The molecule has 0 amide bonds. The van der Waals surface area contributed by atoms with Gasteiger partial charge >= 0.3 is 0 Å². The Labute approximate surface area is 157 Å². The van der Waals surface area contributed by atoms with Gasteiger partial charge in [0.25, 0.3) is 0 Å². The van der Waals surface area contributed by atoms with Crippen LogP contribution in [0.3, 0.4) is 0 Å². The molecule has 1 N–H and O–H groups in total. The van der Waals surface area contributed by atoms with Crippen LogP contribution in [0.5, 0.6) is 0 Å². The average molecular weight is 358 g/mol. The minimum Gasteiger partial charge on any atom is -0.315 e. The summed E-state index contributed by atoms with van der Waals surface area (Å²) < 4.78 is 0. The van der Waals surface area contributed by atoms with Crippen molar-refractivity contribution < 1.29 is 0 Å². The quantitative estimate of drug-likeness (QED) is 0.906. The van der Waals surface area contributed by atoms with Gasteiger partial charge in [0.1, 0.15) is 0 Å². The van der Waals surface area contributed by atoms with E-state index in [2.05, 4.69) is 69.7 Å². The lowest BCUT2D eigenvalue weighted by atomic mass is 10.0. The van der Waals surface area contributed by atoms with Gasteiger partial charge < -0.3 is 5.32 Å². The van der Waals surface area contributed by atoms with Gasteiger partial charge in [0, 0.05) is 45.3 Å². The molecule has 2 aromatic carbocycles. The lowest BCUT2D eigenvalue weighted by Crippen LogP contribution is -2.50. The molecule has 0 saturated carbocycles. The average Bonchev–Trinajstić information content (AvgIpc) is 3.18. The van der Waals surface area contributed by atoms with Crippen molar-refractivity contribution >= 4 is 12.4 Å². The van der Waals surface area contributed by atoms with Gasteiger partial charge in [-0.2, -0.15) is 0 Å². The highest BCUT2D eigenvalue weighted by atomic mass is 35.5. The third kappa shape index (κ3) is 4.62. The summed E-state index contributed by atoms with van der Waals surface area (Å²) in [4.78, 5) is 5.27. The second-order valence-corrected chi connectivity index (χ2v) is 7.02. The van der Waals surface area contributed by atoms with Crippen LogP contribution in [0.25, 0.3) is 11.1 Å². The number of nitrogens with one attached hydrogen (secondary N) is 1. The Morgan fingerprint density at radius 2 is 1.52 bits per heavy atom. The molecule has 0 aromatic heterocycles. The molecule has 1 unspecified atom stereocenters. The summed E-state index contributed by atoms with van der Waals surface area (Å²) >= 11 is 0. The second kappa shape index (κ2) is 8.81. The summed E-state index contributed by atoms with van der Waals surface area (Å²) in [6.45, 7) is 8.27. The zero-order valence-corrected chi connectivity index (χ0v) is 15.5. The maximum absolute atomic E-state index is 3.48. The van der Waals surface area contributed by atoms with E-state index in [1.165, 1.54) is 62.4 Å². The first-order valence-corrected chi connectivity index (χ1v) is 9.20. The number of piperazine rings is 1. The molecule has 25 heavy (non-hydrogen) atoms. The second-order valence-electron chi connectivity index (χ2n) is 7.02. The molecule has 2 heterocycles. The van der Waals surface area contributed by atoms with Crippen LogP contribution in [0.2, 0.25) is 0 Å². The van der Waals surface area contributed by atoms with Crippen LogP contribution in [0, 0.1) is 0 Å². The summed E-state index contributed by atoms with van der Waals surface area (Å²) in [5.41, 5.74) is 4.02. The minimum atomic E-state index is 0. The fraction of sp³-hybridized carbons (Fsp3) is 0.429. The number of hydrogen-bond acceptors (Lipinski definition) is 3. The lowest BCUT2D eigenvalue weighted by Gasteiger charge is -2.37. The van der Waals surface area contributed by atoms with Crippen LogP contribution in [-0.4, -0.2) is 55.1 Å². The highest BCUT2D eigenvalue weighted by Crippen LogP contribution is 2.20. The van der Waals surface area contributed by atoms with E-state index >= 15 is 0 Å². The Balaban J connectivity index is 0.00000182. The SMILES string of the molecule is Cl.c1ccc(-c2ccc(CN3CCN(C4CCNC4)CC3)cc2)cc1. The van der Waals surface area contributed by atoms with Crippen molar-refractivity contribution in [2.45, 2.75) is 19.0 Å². The van der Waals surface area contributed by atoms with Gasteiger partial charge in [-0.1, -0.05) is 54.6 Å². The molecule has 0 radical (unpaired) electrons. The van der Waals surface area contributed by atoms with E-state index in [9.17, 15) is 0 Å². The summed E-state index contributed by atoms with van der Waals surface area (Å²) in [6.07, 6.45) is 1.32. The molecule has 0 aliphatic carbocycles. The van der Waals surface area contributed by atoms with E-state index in [1.807, 2.05) is 0 Å². The van der Waals surface area contributed by atoms with Gasteiger partial charge in [-0.3, -0.25) is 9.80 Å². The van der Waals surface area contributed by atoms with Gasteiger partial charge in [0.15, 0.2) is 0 Å². The monoisotopic (exact) mass is 357 g/mol. The number of nitrogens with zero attached hydrogens (tertiary/aromatic N) is 2. The largest absolute Gasteiger partial charge is 0.315 e. The molecule has 2 fully saturated rings.